The molecule has 0 aromatic carbocycles. The number of halogens is 3. The zero-order chi connectivity index (χ0) is 10.8. The molecule has 0 aliphatic heterocycles. The van der Waals surface area contributed by atoms with E-state index in [9.17, 15) is 0 Å². The van der Waals surface area contributed by atoms with Crippen molar-refractivity contribution in [3.05, 3.63) is 35.7 Å². The van der Waals surface area contributed by atoms with Crippen molar-refractivity contribution in [3.63, 3.8) is 0 Å². The predicted molar refractivity (Wildman–Crippen MR) is 69.0 cm³/mol. The van der Waals surface area contributed by atoms with Crippen molar-refractivity contribution in [1.29, 1.82) is 0 Å². The van der Waals surface area contributed by atoms with E-state index in [0.717, 1.165) is 6.42 Å². The summed E-state index contributed by atoms with van der Waals surface area (Å²) in [5.74, 6) is 0. The molecule has 104 valence electrons. The van der Waals surface area contributed by atoms with Crippen LogP contribution >= 0.6 is 7.92 Å². The van der Waals surface area contributed by atoms with Crippen LogP contribution in [0.1, 0.15) is 33.1 Å². The number of rotatable bonds is 3. The van der Waals surface area contributed by atoms with Gasteiger partial charge in [-0.3, -0.25) is 6.08 Å². The molecule has 0 nitrogen and oxygen atoms in total. The van der Waals surface area contributed by atoms with E-state index in [0.29, 0.717) is 0 Å². The average Bonchev–Trinajstić information content (AvgIpc) is 2.71. The fourth-order valence-corrected chi connectivity index (χ4v) is 2.40. The van der Waals surface area contributed by atoms with E-state index in [1.54, 1.807) is 5.31 Å². The topological polar surface area (TPSA) is 0 Å². The second kappa shape index (κ2) is 23.5. The first-order valence-electron chi connectivity index (χ1n) is 5.31. The maximum absolute atomic E-state index is 2.92. The Morgan fingerprint density at radius 1 is 1.22 bits per heavy atom. The van der Waals surface area contributed by atoms with Crippen molar-refractivity contribution in [2.75, 3.05) is 13.3 Å². The van der Waals surface area contributed by atoms with Gasteiger partial charge < -0.3 is 37.2 Å². The standard InChI is InChI=1S/C8H17P.C5H5.3ClH.Zr/c1-5-7-8(6-2)9(3)4;1-2-4-5-3-1;;;;/h7H,5-6H2,1-4H3;1-2,5H,3H2;3*1H;/q;-1;;;;+4/p-3. The van der Waals surface area contributed by atoms with Crippen LogP contribution in [0.5, 0.6) is 0 Å². The maximum Gasteiger partial charge on any atom is 4.00 e. The number of allylic oxidation sites excluding steroid dienone is 6. The minimum Gasteiger partial charge on any atom is -1.00 e. The third-order valence-corrected chi connectivity index (χ3v) is 3.61. The molecule has 1 rings (SSSR count). The molecule has 0 aromatic rings. The SMILES string of the molecule is CCC=C(CC)P(C)C.[C-]1=CCC=C1.[Cl-].[Cl-].[Cl-].[Zr+4]. The predicted octanol–water partition coefficient (Wildman–Crippen LogP) is -4.25. The first-order valence-corrected chi connectivity index (χ1v) is 7.55. The summed E-state index contributed by atoms with van der Waals surface area (Å²) in [5, 5.41) is 1.66. The van der Waals surface area contributed by atoms with Crippen LogP contribution in [0.4, 0.5) is 0 Å². The van der Waals surface area contributed by atoms with Crippen molar-refractivity contribution in [1.82, 2.24) is 0 Å². The molecular weight excluding hydrogens is 385 g/mol. The summed E-state index contributed by atoms with van der Waals surface area (Å²) in [6.07, 6.45) is 14.8. The van der Waals surface area contributed by atoms with Crippen molar-refractivity contribution < 1.29 is 63.4 Å². The Hall–Kier alpha value is 1.40. The first kappa shape index (κ1) is 31.7. The molecule has 0 unspecified atom stereocenters. The van der Waals surface area contributed by atoms with Gasteiger partial charge in [-0.1, -0.05) is 33.2 Å². The fourth-order valence-electron chi connectivity index (χ4n) is 1.22. The van der Waals surface area contributed by atoms with E-state index in [4.69, 9.17) is 0 Å². The van der Waals surface area contributed by atoms with Crippen molar-refractivity contribution in [2.24, 2.45) is 0 Å². The Bertz CT molecular complexity index is 216. The summed E-state index contributed by atoms with van der Waals surface area (Å²) < 4.78 is 0. The molecule has 0 atom stereocenters. The summed E-state index contributed by atoms with van der Waals surface area (Å²) in [4.78, 5) is 0. The molecule has 0 spiro atoms. The van der Waals surface area contributed by atoms with Gasteiger partial charge in [0.25, 0.3) is 0 Å². The number of hydrogen-bond donors (Lipinski definition) is 0. The summed E-state index contributed by atoms with van der Waals surface area (Å²) in [6, 6.07) is 0. The van der Waals surface area contributed by atoms with E-state index in [2.05, 4.69) is 45.4 Å². The zero-order valence-electron chi connectivity index (χ0n) is 11.5. The molecule has 0 aromatic heterocycles. The quantitative estimate of drug-likeness (QED) is 0.329. The van der Waals surface area contributed by atoms with E-state index < -0.39 is 0 Å². The van der Waals surface area contributed by atoms with Crippen LogP contribution in [0.15, 0.2) is 29.6 Å². The van der Waals surface area contributed by atoms with Gasteiger partial charge in [-0.2, -0.15) is 6.08 Å². The van der Waals surface area contributed by atoms with Gasteiger partial charge in [-0.25, -0.2) is 12.2 Å². The van der Waals surface area contributed by atoms with Crippen molar-refractivity contribution in [2.45, 2.75) is 33.1 Å². The Morgan fingerprint density at radius 2 is 1.78 bits per heavy atom. The number of hydrogen-bond acceptors (Lipinski definition) is 0. The Morgan fingerprint density at radius 3 is 1.89 bits per heavy atom. The van der Waals surface area contributed by atoms with Gasteiger partial charge in [0, 0.05) is 0 Å². The van der Waals surface area contributed by atoms with Crippen LogP contribution in [0.25, 0.3) is 0 Å². The normalized spacial score (nSPS) is 11.3. The average molecular weight is 407 g/mol. The Balaban J connectivity index is -0.0000000552. The molecule has 0 saturated carbocycles. The summed E-state index contributed by atoms with van der Waals surface area (Å²) in [5.41, 5.74) is 0. The third kappa shape index (κ3) is 19.7. The fraction of sp³-hybridized carbons (Fsp3) is 0.538. The van der Waals surface area contributed by atoms with Gasteiger partial charge in [-0.05, 0) is 26.2 Å². The van der Waals surface area contributed by atoms with E-state index in [-0.39, 0.29) is 71.3 Å². The molecule has 0 saturated heterocycles. The molecule has 0 N–H and O–H groups in total. The minimum absolute atomic E-state index is 0. The van der Waals surface area contributed by atoms with Gasteiger partial charge >= 0.3 is 26.2 Å². The minimum atomic E-state index is 0. The van der Waals surface area contributed by atoms with Gasteiger partial charge in [0.1, 0.15) is 0 Å². The van der Waals surface area contributed by atoms with Gasteiger partial charge in [0.05, 0.1) is 0 Å². The van der Waals surface area contributed by atoms with E-state index in [1.165, 1.54) is 12.8 Å². The van der Waals surface area contributed by atoms with Crippen molar-refractivity contribution in [3.8, 4) is 0 Å². The molecule has 0 bridgehead atoms. The Labute approximate surface area is 152 Å². The molecule has 0 heterocycles. The van der Waals surface area contributed by atoms with E-state index >= 15 is 0 Å². The molecule has 1 aliphatic rings. The molecule has 1 aliphatic carbocycles. The molecule has 0 radical (unpaired) electrons. The molecule has 0 amide bonds. The summed E-state index contributed by atoms with van der Waals surface area (Å²) >= 11 is 0. The van der Waals surface area contributed by atoms with E-state index in [1.807, 2.05) is 12.2 Å². The Kier molecular flexibility index (Phi) is 41.3. The largest absolute Gasteiger partial charge is 4.00 e. The monoisotopic (exact) mass is 404 g/mol. The summed E-state index contributed by atoms with van der Waals surface area (Å²) in [7, 11) is 0.191. The molecule has 5 heteroatoms. The van der Waals surface area contributed by atoms with Crippen LogP contribution in [-0.2, 0) is 26.2 Å². The maximum atomic E-state index is 2.92. The van der Waals surface area contributed by atoms with Gasteiger partial charge in [0.15, 0.2) is 0 Å². The van der Waals surface area contributed by atoms with Crippen LogP contribution in [0.3, 0.4) is 0 Å². The second-order valence-corrected chi connectivity index (χ2v) is 5.72. The van der Waals surface area contributed by atoms with Gasteiger partial charge in [0.2, 0.25) is 0 Å². The van der Waals surface area contributed by atoms with Crippen LogP contribution < -0.4 is 37.2 Å². The first-order chi connectivity index (χ1) is 6.72. The van der Waals surface area contributed by atoms with Crippen LogP contribution in [-0.4, -0.2) is 13.3 Å². The molecular formula is C13H22Cl3PZr. The van der Waals surface area contributed by atoms with Crippen LogP contribution in [0, 0.1) is 6.08 Å². The van der Waals surface area contributed by atoms with Crippen LogP contribution in [0.2, 0.25) is 0 Å². The zero-order valence-corrected chi connectivity index (χ0v) is 17.1. The third-order valence-electron chi connectivity index (χ3n) is 1.96. The second-order valence-electron chi connectivity index (χ2n) is 3.36. The smallest absolute Gasteiger partial charge is 1.00 e. The van der Waals surface area contributed by atoms with Gasteiger partial charge in [-0.15, -0.1) is 6.42 Å². The molecule has 18 heavy (non-hydrogen) atoms. The summed E-state index contributed by atoms with van der Waals surface area (Å²) in [6.45, 7) is 9.08. The van der Waals surface area contributed by atoms with Crippen molar-refractivity contribution >= 4 is 7.92 Å². The molecule has 0 fully saturated rings.